The quantitative estimate of drug-likeness (QED) is 0.786. The van der Waals surface area contributed by atoms with Gasteiger partial charge in [-0.3, -0.25) is 4.79 Å². The van der Waals surface area contributed by atoms with E-state index in [1.54, 1.807) is 25.1 Å². The van der Waals surface area contributed by atoms with Gasteiger partial charge in [0, 0.05) is 5.56 Å². The molecule has 0 aliphatic carbocycles. The molecule has 0 N–H and O–H groups in total. The van der Waals surface area contributed by atoms with Crippen LogP contribution in [0, 0.1) is 12.7 Å². The first-order valence-electron chi connectivity index (χ1n) is 4.63. The maximum absolute atomic E-state index is 13.1. The zero-order valence-corrected chi connectivity index (χ0v) is 10.0. The van der Waals surface area contributed by atoms with Crippen LogP contribution in [0.5, 0.6) is 0 Å². The zero-order valence-electron chi connectivity index (χ0n) is 8.46. The molecular weight excluding hydrogens is 275 g/mol. The molecular formula is C12H8BrFO2. The van der Waals surface area contributed by atoms with Gasteiger partial charge in [0.1, 0.15) is 5.82 Å². The second kappa shape index (κ2) is 4.22. The normalized spacial score (nSPS) is 10.4. The highest BCUT2D eigenvalue weighted by atomic mass is 79.9. The van der Waals surface area contributed by atoms with Gasteiger partial charge in [-0.1, -0.05) is 0 Å². The minimum atomic E-state index is -0.422. The van der Waals surface area contributed by atoms with Crippen molar-refractivity contribution in [3.8, 4) is 0 Å². The molecule has 1 heterocycles. The number of halogens is 2. The highest BCUT2D eigenvalue weighted by Crippen LogP contribution is 2.18. The summed E-state index contributed by atoms with van der Waals surface area (Å²) in [4.78, 5) is 11.9. The number of carbonyl (C=O) groups excluding carboxylic acids is 1. The third-order valence-electron chi connectivity index (χ3n) is 2.10. The van der Waals surface area contributed by atoms with Crippen LogP contribution in [-0.4, -0.2) is 5.78 Å². The minimum Gasteiger partial charge on any atom is -0.446 e. The molecule has 0 unspecified atom stereocenters. The van der Waals surface area contributed by atoms with Crippen LogP contribution in [0.4, 0.5) is 4.39 Å². The number of carbonyl (C=O) groups is 1. The molecule has 4 heteroatoms. The molecule has 0 saturated carbocycles. The highest BCUT2D eigenvalue weighted by Gasteiger charge is 2.14. The number of hydrogen-bond acceptors (Lipinski definition) is 2. The van der Waals surface area contributed by atoms with Gasteiger partial charge >= 0.3 is 0 Å². The second-order valence-corrected chi connectivity index (χ2v) is 4.23. The number of benzene rings is 1. The first kappa shape index (κ1) is 11.1. The maximum Gasteiger partial charge on any atom is 0.228 e. The van der Waals surface area contributed by atoms with Gasteiger partial charge in [-0.25, -0.2) is 4.39 Å². The van der Waals surface area contributed by atoms with E-state index in [4.69, 9.17) is 4.42 Å². The fourth-order valence-electron chi connectivity index (χ4n) is 1.45. The summed E-state index contributed by atoms with van der Waals surface area (Å²) in [6.45, 7) is 1.73. The average Bonchev–Trinajstić information content (AvgIpc) is 2.62. The van der Waals surface area contributed by atoms with E-state index in [0.29, 0.717) is 15.8 Å². The zero-order chi connectivity index (χ0) is 11.7. The first-order chi connectivity index (χ1) is 7.56. The lowest BCUT2D eigenvalue weighted by atomic mass is 10.1. The van der Waals surface area contributed by atoms with Gasteiger partial charge in [0.2, 0.25) is 5.78 Å². The second-order valence-electron chi connectivity index (χ2n) is 3.45. The van der Waals surface area contributed by atoms with Crippen molar-refractivity contribution in [3.63, 3.8) is 0 Å². The molecule has 0 aliphatic rings. The van der Waals surface area contributed by atoms with Gasteiger partial charge in [-0.2, -0.15) is 0 Å². The lowest BCUT2D eigenvalue weighted by molar-refractivity contribution is 0.101. The summed E-state index contributed by atoms with van der Waals surface area (Å²) >= 11 is 3.11. The van der Waals surface area contributed by atoms with Gasteiger partial charge in [0.25, 0.3) is 0 Å². The predicted octanol–water partition coefficient (Wildman–Crippen LogP) is 3.72. The molecule has 1 aromatic heterocycles. The first-order valence-corrected chi connectivity index (χ1v) is 5.43. The molecule has 0 spiro atoms. The fourth-order valence-corrected chi connectivity index (χ4v) is 1.75. The topological polar surface area (TPSA) is 30.2 Å². The molecule has 0 aliphatic heterocycles. The molecule has 0 saturated heterocycles. The molecule has 16 heavy (non-hydrogen) atoms. The van der Waals surface area contributed by atoms with E-state index >= 15 is 0 Å². The molecule has 82 valence electrons. The molecule has 0 amide bonds. The van der Waals surface area contributed by atoms with Crippen LogP contribution in [0.1, 0.15) is 21.7 Å². The maximum atomic E-state index is 13.1. The van der Waals surface area contributed by atoms with Crippen LogP contribution in [0.25, 0.3) is 0 Å². The number of rotatable bonds is 2. The standard InChI is InChI=1S/C12H8BrFO2/c1-7-4-8(6-9(14)5-7)12(15)10-2-3-11(13)16-10/h2-6H,1H3. The summed E-state index contributed by atoms with van der Waals surface area (Å²) in [7, 11) is 0. The summed E-state index contributed by atoms with van der Waals surface area (Å²) in [6.07, 6.45) is 0. The third-order valence-corrected chi connectivity index (χ3v) is 2.53. The van der Waals surface area contributed by atoms with Gasteiger partial charge in [0.05, 0.1) is 0 Å². The molecule has 2 rings (SSSR count). The highest BCUT2D eigenvalue weighted by molar-refractivity contribution is 9.10. The van der Waals surface area contributed by atoms with Gasteiger partial charge in [0.15, 0.2) is 10.4 Å². The van der Waals surface area contributed by atoms with Crippen molar-refractivity contribution in [1.82, 2.24) is 0 Å². The van der Waals surface area contributed by atoms with Crippen molar-refractivity contribution in [2.75, 3.05) is 0 Å². The molecule has 0 atom stereocenters. The Morgan fingerprint density at radius 1 is 1.31 bits per heavy atom. The summed E-state index contributed by atoms with van der Waals surface area (Å²) < 4.78 is 18.7. The van der Waals surface area contributed by atoms with E-state index in [1.165, 1.54) is 12.1 Å². The Hall–Kier alpha value is -1.42. The summed E-state index contributed by atoms with van der Waals surface area (Å²) in [5.41, 5.74) is 0.994. The van der Waals surface area contributed by atoms with Crippen molar-refractivity contribution < 1.29 is 13.6 Å². The van der Waals surface area contributed by atoms with E-state index < -0.39 is 5.82 Å². The van der Waals surface area contributed by atoms with Gasteiger partial charge < -0.3 is 4.42 Å². The number of ketones is 1. The van der Waals surface area contributed by atoms with Crippen LogP contribution in [-0.2, 0) is 0 Å². The molecule has 1 aromatic carbocycles. The van der Waals surface area contributed by atoms with E-state index in [2.05, 4.69) is 15.9 Å². The van der Waals surface area contributed by atoms with Crippen LogP contribution in [0.2, 0.25) is 0 Å². The predicted molar refractivity (Wildman–Crippen MR) is 61.0 cm³/mol. The Morgan fingerprint density at radius 3 is 2.62 bits per heavy atom. The average molecular weight is 283 g/mol. The Balaban J connectivity index is 2.41. The van der Waals surface area contributed by atoms with Crippen molar-refractivity contribution in [2.24, 2.45) is 0 Å². The van der Waals surface area contributed by atoms with Gasteiger partial charge in [-0.05, 0) is 58.7 Å². The van der Waals surface area contributed by atoms with E-state index in [9.17, 15) is 9.18 Å². The molecule has 2 aromatic rings. The molecule has 2 nitrogen and oxygen atoms in total. The summed E-state index contributed by atoms with van der Waals surface area (Å²) in [5, 5.41) is 0. The Labute approximate surface area is 100 Å². The lowest BCUT2D eigenvalue weighted by Gasteiger charge is -2.00. The molecule has 0 fully saturated rings. The van der Waals surface area contributed by atoms with Crippen LogP contribution in [0.3, 0.4) is 0 Å². The van der Waals surface area contributed by atoms with Crippen LogP contribution >= 0.6 is 15.9 Å². The van der Waals surface area contributed by atoms with Gasteiger partial charge in [-0.15, -0.1) is 0 Å². The Kier molecular flexibility index (Phi) is 2.92. The summed E-state index contributed by atoms with van der Waals surface area (Å²) in [6, 6.07) is 7.37. The summed E-state index contributed by atoms with van der Waals surface area (Å²) in [5.74, 6) is -0.556. The fraction of sp³-hybridized carbons (Fsp3) is 0.0833. The molecule has 0 radical (unpaired) electrons. The Morgan fingerprint density at radius 2 is 2.06 bits per heavy atom. The van der Waals surface area contributed by atoms with Crippen LogP contribution < -0.4 is 0 Å². The lowest BCUT2D eigenvalue weighted by Crippen LogP contribution is -2.00. The van der Waals surface area contributed by atoms with Crippen molar-refractivity contribution >= 4 is 21.7 Å². The number of furan rings is 1. The number of hydrogen-bond donors (Lipinski definition) is 0. The van der Waals surface area contributed by atoms with Crippen molar-refractivity contribution in [2.45, 2.75) is 6.92 Å². The number of aryl methyl sites for hydroxylation is 1. The van der Waals surface area contributed by atoms with Crippen molar-refractivity contribution in [3.05, 3.63) is 57.7 Å². The molecule has 0 bridgehead atoms. The third kappa shape index (κ3) is 2.22. The smallest absolute Gasteiger partial charge is 0.228 e. The van der Waals surface area contributed by atoms with Crippen LogP contribution in [0.15, 0.2) is 39.4 Å². The minimum absolute atomic E-state index is 0.192. The van der Waals surface area contributed by atoms with Crippen molar-refractivity contribution in [1.29, 1.82) is 0 Å². The van der Waals surface area contributed by atoms with E-state index in [0.717, 1.165) is 0 Å². The largest absolute Gasteiger partial charge is 0.446 e. The SMILES string of the molecule is Cc1cc(F)cc(C(=O)c2ccc(Br)o2)c1. The Bertz CT molecular complexity index is 525. The van der Waals surface area contributed by atoms with E-state index in [-0.39, 0.29) is 11.5 Å². The monoisotopic (exact) mass is 282 g/mol. The van der Waals surface area contributed by atoms with E-state index in [1.807, 2.05) is 0 Å².